The molecular weight excluding hydrogens is 266 g/mol. The minimum absolute atomic E-state index is 0.570. The Kier molecular flexibility index (Phi) is 3.35. The van der Waals surface area contributed by atoms with Crippen LogP contribution in [0.25, 0.3) is 10.8 Å². The molecule has 3 rings (SSSR count). The number of aliphatic hydroxyl groups is 1. The van der Waals surface area contributed by atoms with E-state index in [1.165, 1.54) is 0 Å². The molecule has 0 bridgehead atoms. The average Bonchev–Trinajstić information content (AvgIpc) is 2.79. The van der Waals surface area contributed by atoms with E-state index in [2.05, 4.69) is 10.1 Å². The van der Waals surface area contributed by atoms with Crippen LogP contribution in [0.5, 0.6) is 5.88 Å². The molecule has 0 aliphatic heterocycles. The Morgan fingerprint density at radius 2 is 2.10 bits per heavy atom. The van der Waals surface area contributed by atoms with Crippen LogP contribution in [0, 0.1) is 6.92 Å². The molecule has 21 heavy (non-hydrogen) atoms. The third-order valence-electron chi connectivity index (χ3n) is 3.69. The second-order valence-corrected chi connectivity index (χ2v) is 4.98. The fraction of sp³-hybridized carbons (Fsp3) is 0.250. The monoisotopic (exact) mass is 283 g/mol. The van der Waals surface area contributed by atoms with E-state index in [9.17, 15) is 5.11 Å². The molecule has 5 nitrogen and oxygen atoms in total. The van der Waals surface area contributed by atoms with Crippen LogP contribution in [-0.2, 0) is 7.05 Å². The SMILES string of the molecule is COc1c(C(O)c2cccc3ccncc23)c(C)nn1C. The summed E-state index contributed by atoms with van der Waals surface area (Å²) in [6.07, 6.45) is 2.71. The van der Waals surface area contributed by atoms with E-state index in [0.717, 1.165) is 22.0 Å². The Bertz CT molecular complexity index is 790. The lowest BCUT2D eigenvalue weighted by Gasteiger charge is -2.15. The third kappa shape index (κ3) is 2.15. The van der Waals surface area contributed by atoms with Gasteiger partial charge in [0.1, 0.15) is 6.10 Å². The molecule has 3 aromatic rings. The second kappa shape index (κ2) is 5.18. The first-order valence-corrected chi connectivity index (χ1v) is 6.71. The molecule has 2 aromatic heterocycles. The van der Waals surface area contributed by atoms with E-state index in [1.54, 1.807) is 31.2 Å². The number of aromatic nitrogens is 3. The molecule has 0 saturated carbocycles. The lowest BCUT2D eigenvalue weighted by molar-refractivity contribution is 0.214. The van der Waals surface area contributed by atoms with Crippen LogP contribution >= 0.6 is 0 Å². The van der Waals surface area contributed by atoms with Gasteiger partial charge in [-0.3, -0.25) is 4.98 Å². The van der Waals surface area contributed by atoms with Gasteiger partial charge in [-0.25, -0.2) is 4.68 Å². The highest BCUT2D eigenvalue weighted by Gasteiger charge is 2.24. The first-order valence-electron chi connectivity index (χ1n) is 6.71. The van der Waals surface area contributed by atoms with Crippen molar-refractivity contribution in [3.63, 3.8) is 0 Å². The zero-order valence-corrected chi connectivity index (χ0v) is 12.2. The molecule has 1 aromatic carbocycles. The maximum atomic E-state index is 10.8. The molecular formula is C16H17N3O2. The number of aryl methyl sites for hydroxylation is 2. The van der Waals surface area contributed by atoms with Crippen LogP contribution in [0.15, 0.2) is 36.7 Å². The number of methoxy groups -OCH3 is 1. The highest BCUT2D eigenvalue weighted by molar-refractivity contribution is 5.85. The summed E-state index contributed by atoms with van der Waals surface area (Å²) in [6, 6.07) is 7.76. The Labute approximate surface area is 122 Å². The highest BCUT2D eigenvalue weighted by atomic mass is 16.5. The Hall–Kier alpha value is -2.40. The van der Waals surface area contributed by atoms with E-state index in [0.29, 0.717) is 11.4 Å². The molecule has 1 N–H and O–H groups in total. The van der Waals surface area contributed by atoms with Crippen molar-refractivity contribution in [1.82, 2.24) is 14.8 Å². The Balaban J connectivity index is 2.20. The molecule has 1 atom stereocenters. The fourth-order valence-corrected chi connectivity index (χ4v) is 2.74. The van der Waals surface area contributed by atoms with Gasteiger partial charge in [-0.1, -0.05) is 18.2 Å². The zero-order valence-electron chi connectivity index (χ0n) is 12.2. The molecule has 1 unspecified atom stereocenters. The van der Waals surface area contributed by atoms with Crippen LogP contribution in [-0.4, -0.2) is 27.0 Å². The van der Waals surface area contributed by atoms with Gasteiger partial charge in [0.05, 0.1) is 18.4 Å². The number of aliphatic hydroxyl groups excluding tert-OH is 1. The number of fused-ring (bicyclic) bond motifs is 1. The van der Waals surface area contributed by atoms with Gasteiger partial charge in [-0.05, 0) is 23.9 Å². The van der Waals surface area contributed by atoms with Crippen molar-refractivity contribution >= 4 is 10.8 Å². The summed E-state index contributed by atoms with van der Waals surface area (Å²) in [5.41, 5.74) is 2.24. The van der Waals surface area contributed by atoms with Gasteiger partial charge in [0.25, 0.3) is 0 Å². The predicted octanol–water partition coefficient (Wildman–Crippen LogP) is 2.37. The maximum Gasteiger partial charge on any atom is 0.217 e. The summed E-state index contributed by atoms with van der Waals surface area (Å²) in [6.45, 7) is 1.87. The van der Waals surface area contributed by atoms with Gasteiger partial charge in [0.2, 0.25) is 5.88 Å². The smallest absolute Gasteiger partial charge is 0.217 e. The molecule has 0 spiro atoms. The first kappa shape index (κ1) is 13.6. The number of pyridine rings is 1. The van der Waals surface area contributed by atoms with Gasteiger partial charge in [0, 0.05) is 24.8 Å². The van der Waals surface area contributed by atoms with Crippen molar-refractivity contribution in [2.75, 3.05) is 7.11 Å². The van der Waals surface area contributed by atoms with Crippen LogP contribution in [0.1, 0.15) is 22.9 Å². The van der Waals surface area contributed by atoms with Gasteiger partial charge < -0.3 is 9.84 Å². The Morgan fingerprint density at radius 1 is 1.29 bits per heavy atom. The molecule has 2 heterocycles. The van der Waals surface area contributed by atoms with Gasteiger partial charge in [-0.15, -0.1) is 0 Å². The molecule has 0 aliphatic carbocycles. The largest absolute Gasteiger partial charge is 0.481 e. The van der Waals surface area contributed by atoms with E-state index < -0.39 is 6.10 Å². The molecule has 0 saturated heterocycles. The summed E-state index contributed by atoms with van der Waals surface area (Å²) >= 11 is 0. The van der Waals surface area contributed by atoms with Gasteiger partial charge >= 0.3 is 0 Å². The quantitative estimate of drug-likeness (QED) is 0.801. The highest BCUT2D eigenvalue weighted by Crippen LogP contribution is 2.35. The molecule has 108 valence electrons. The number of hydrogen-bond acceptors (Lipinski definition) is 4. The van der Waals surface area contributed by atoms with E-state index in [-0.39, 0.29) is 0 Å². The van der Waals surface area contributed by atoms with Crippen molar-refractivity contribution in [1.29, 1.82) is 0 Å². The van der Waals surface area contributed by atoms with Crippen molar-refractivity contribution in [2.24, 2.45) is 7.05 Å². The molecule has 0 fully saturated rings. The van der Waals surface area contributed by atoms with E-state index >= 15 is 0 Å². The van der Waals surface area contributed by atoms with E-state index in [1.807, 2.05) is 31.2 Å². The number of rotatable bonds is 3. The lowest BCUT2D eigenvalue weighted by atomic mass is 9.97. The summed E-state index contributed by atoms with van der Waals surface area (Å²) in [4.78, 5) is 4.16. The van der Waals surface area contributed by atoms with Crippen LogP contribution in [0.3, 0.4) is 0 Å². The van der Waals surface area contributed by atoms with Crippen LogP contribution in [0.4, 0.5) is 0 Å². The summed E-state index contributed by atoms with van der Waals surface area (Å²) < 4.78 is 7.01. The predicted molar refractivity (Wildman–Crippen MR) is 80.3 cm³/mol. The average molecular weight is 283 g/mol. The number of ether oxygens (including phenoxy) is 1. The maximum absolute atomic E-state index is 10.8. The number of nitrogens with zero attached hydrogens (tertiary/aromatic N) is 3. The summed E-state index contributed by atoms with van der Waals surface area (Å²) in [5, 5.41) is 17.1. The van der Waals surface area contributed by atoms with Gasteiger partial charge in [-0.2, -0.15) is 5.10 Å². The Morgan fingerprint density at radius 3 is 2.86 bits per heavy atom. The second-order valence-electron chi connectivity index (χ2n) is 4.98. The standard InChI is InChI=1S/C16H17N3O2/c1-10-14(16(21-3)19(2)18-10)15(20)12-6-4-5-11-7-8-17-9-13(11)12/h4-9,15,20H,1-3H3. The summed E-state index contributed by atoms with van der Waals surface area (Å²) in [7, 11) is 3.38. The minimum atomic E-state index is -0.804. The van der Waals surface area contributed by atoms with E-state index in [4.69, 9.17) is 4.74 Å². The molecule has 0 amide bonds. The summed E-state index contributed by atoms with van der Waals surface area (Å²) in [5.74, 6) is 0.570. The lowest BCUT2D eigenvalue weighted by Crippen LogP contribution is -2.04. The molecule has 0 aliphatic rings. The fourth-order valence-electron chi connectivity index (χ4n) is 2.74. The number of benzene rings is 1. The minimum Gasteiger partial charge on any atom is -0.481 e. The molecule has 0 radical (unpaired) electrons. The normalized spacial score (nSPS) is 12.6. The number of hydrogen-bond donors (Lipinski definition) is 1. The van der Waals surface area contributed by atoms with Crippen molar-refractivity contribution in [2.45, 2.75) is 13.0 Å². The third-order valence-corrected chi connectivity index (χ3v) is 3.69. The van der Waals surface area contributed by atoms with Crippen LogP contribution in [0.2, 0.25) is 0 Å². The topological polar surface area (TPSA) is 60.2 Å². The van der Waals surface area contributed by atoms with Crippen molar-refractivity contribution in [3.8, 4) is 5.88 Å². The van der Waals surface area contributed by atoms with Crippen LogP contribution < -0.4 is 4.74 Å². The zero-order chi connectivity index (χ0) is 15.0. The first-order chi connectivity index (χ1) is 10.1. The van der Waals surface area contributed by atoms with Gasteiger partial charge in [0.15, 0.2) is 0 Å². The molecule has 5 heteroatoms. The van der Waals surface area contributed by atoms with Crippen molar-refractivity contribution < 1.29 is 9.84 Å². The van der Waals surface area contributed by atoms with Crippen molar-refractivity contribution in [3.05, 3.63) is 53.5 Å².